The monoisotopic (exact) mass is 216 g/mol. The van der Waals surface area contributed by atoms with Crippen LogP contribution in [0.1, 0.15) is 5.56 Å². The van der Waals surface area contributed by atoms with Gasteiger partial charge in [-0.2, -0.15) is 5.26 Å². The molecule has 1 aromatic heterocycles. The Morgan fingerprint density at radius 1 is 1.40 bits per heavy atom. The maximum Gasteiger partial charge on any atom is 0.208 e. The maximum absolute atomic E-state index is 11.9. The number of aromatic amines is 1. The van der Waals surface area contributed by atoms with Crippen LogP contribution in [0.25, 0.3) is 10.9 Å². The number of nitrogens with zero attached hydrogens (tertiary/aromatic N) is 1. The Bertz CT molecular complexity index is 610. The number of para-hydroxylation sites is 1. The zero-order valence-corrected chi connectivity index (χ0v) is 8.89. The molecule has 2 rings (SSSR count). The van der Waals surface area contributed by atoms with Gasteiger partial charge in [0.1, 0.15) is 11.6 Å². The summed E-state index contributed by atoms with van der Waals surface area (Å²) in [6.07, 6.45) is 1.83. The van der Waals surface area contributed by atoms with Crippen molar-refractivity contribution in [3.8, 4) is 6.07 Å². The van der Waals surface area contributed by atoms with Crippen LogP contribution in [0.2, 0.25) is 0 Å². The molecule has 1 aromatic carbocycles. The van der Waals surface area contributed by atoms with Crippen LogP contribution >= 0.6 is 11.8 Å². The van der Waals surface area contributed by atoms with E-state index in [0.29, 0.717) is 10.4 Å². The lowest BCUT2D eigenvalue weighted by Crippen LogP contribution is -2.09. The van der Waals surface area contributed by atoms with Crippen LogP contribution < -0.4 is 5.43 Å². The summed E-state index contributed by atoms with van der Waals surface area (Å²) in [7, 11) is 0. The molecule has 0 unspecified atom stereocenters. The second-order valence-electron chi connectivity index (χ2n) is 3.02. The molecule has 74 valence electrons. The molecule has 0 aliphatic carbocycles. The van der Waals surface area contributed by atoms with Gasteiger partial charge >= 0.3 is 0 Å². The molecule has 0 aliphatic heterocycles. The summed E-state index contributed by atoms with van der Waals surface area (Å²) in [5.41, 5.74) is 0.767. The number of aromatic nitrogens is 1. The Balaban J connectivity index is 2.96. The largest absolute Gasteiger partial charge is 0.348 e. The molecule has 1 N–H and O–H groups in total. The van der Waals surface area contributed by atoms with E-state index in [-0.39, 0.29) is 11.0 Å². The van der Waals surface area contributed by atoms with Gasteiger partial charge in [0, 0.05) is 5.39 Å². The highest BCUT2D eigenvalue weighted by Crippen LogP contribution is 2.18. The van der Waals surface area contributed by atoms with Crippen LogP contribution in [-0.2, 0) is 0 Å². The van der Waals surface area contributed by atoms with Gasteiger partial charge in [-0.3, -0.25) is 4.79 Å². The second-order valence-corrected chi connectivity index (χ2v) is 3.84. The molecule has 4 heteroatoms. The average Bonchev–Trinajstić information content (AvgIpc) is 2.29. The highest BCUT2D eigenvalue weighted by atomic mass is 32.2. The fourth-order valence-electron chi connectivity index (χ4n) is 1.47. The van der Waals surface area contributed by atoms with Gasteiger partial charge in [-0.1, -0.05) is 12.1 Å². The first kappa shape index (κ1) is 9.81. The third-order valence-corrected chi connectivity index (χ3v) is 2.90. The van der Waals surface area contributed by atoms with Gasteiger partial charge in [0.2, 0.25) is 5.43 Å². The Hall–Kier alpha value is -1.73. The molecule has 0 amide bonds. The van der Waals surface area contributed by atoms with E-state index in [0.717, 1.165) is 5.52 Å². The summed E-state index contributed by atoms with van der Waals surface area (Å²) < 4.78 is 0. The molecule has 0 atom stereocenters. The molecule has 3 nitrogen and oxygen atoms in total. The van der Waals surface area contributed by atoms with Crippen molar-refractivity contribution in [2.24, 2.45) is 0 Å². The number of pyridine rings is 1. The van der Waals surface area contributed by atoms with E-state index in [1.807, 2.05) is 24.5 Å². The molecule has 0 bridgehead atoms. The fraction of sp³-hybridized carbons (Fsp3) is 0.0909. The van der Waals surface area contributed by atoms with E-state index in [2.05, 4.69) is 4.98 Å². The van der Waals surface area contributed by atoms with Gasteiger partial charge < -0.3 is 4.98 Å². The molecular formula is C11H8N2OS. The Labute approximate surface area is 90.7 Å². The summed E-state index contributed by atoms with van der Waals surface area (Å²) >= 11 is 1.37. The third kappa shape index (κ3) is 1.51. The van der Waals surface area contributed by atoms with Crippen molar-refractivity contribution in [1.29, 1.82) is 5.26 Å². The fourth-order valence-corrected chi connectivity index (χ4v) is 2.02. The highest BCUT2D eigenvalue weighted by molar-refractivity contribution is 7.98. The van der Waals surface area contributed by atoms with Crippen LogP contribution in [0, 0.1) is 11.3 Å². The Morgan fingerprint density at radius 3 is 2.80 bits per heavy atom. The summed E-state index contributed by atoms with van der Waals surface area (Å²) in [5.74, 6) is 0. The lowest BCUT2D eigenvalue weighted by molar-refractivity contribution is 1.15. The van der Waals surface area contributed by atoms with Crippen LogP contribution in [-0.4, -0.2) is 11.2 Å². The molecule has 0 radical (unpaired) electrons. The van der Waals surface area contributed by atoms with Gasteiger partial charge in [0.15, 0.2) is 0 Å². The quantitative estimate of drug-likeness (QED) is 0.743. The van der Waals surface area contributed by atoms with Crippen molar-refractivity contribution >= 4 is 22.7 Å². The zero-order chi connectivity index (χ0) is 10.8. The normalized spacial score (nSPS) is 10.1. The van der Waals surface area contributed by atoms with Crippen molar-refractivity contribution in [3.63, 3.8) is 0 Å². The molecule has 0 aliphatic rings. The molecule has 0 saturated heterocycles. The van der Waals surface area contributed by atoms with Gasteiger partial charge in [-0.25, -0.2) is 0 Å². The molecule has 2 aromatic rings. The molecular weight excluding hydrogens is 208 g/mol. The van der Waals surface area contributed by atoms with Crippen LogP contribution in [0.4, 0.5) is 0 Å². The Kier molecular flexibility index (Phi) is 2.48. The third-order valence-electron chi connectivity index (χ3n) is 2.19. The standard InChI is InChI=1S/C11H8N2OS/c1-15-11-8(6-12)10(14)7-4-2-3-5-9(7)13-11/h2-5H,1H3,(H,13,14). The number of rotatable bonds is 1. The number of benzene rings is 1. The predicted molar refractivity (Wildman–Crippen MR) is 61.1 cm³/mol. The molecule has 1 heterocycles. The lowest BCUT2D eigenvalue weighted by atomic mass is 10.1. The van der Waals surface area contributed by atoms with Crippen molar-refractivity contribution < 1.29 is 0 Å². The van der Waals surface area contributed by atoms with E-state index in [9.17, 15) is 4.79 Å². The summed E-state index contributed by atoms with van der Waals surface area (Å²) in [6.45, 7) is 0. The smallest absolute Gasteiger partial charge is 0.208 e. The topological polar surface area (TPSA) is 56.6 Å². The van der Waals surface area contributed by atoms with Crippen LogP contribution in [0.15, 0.2) is 34.1 Å². The average molecular weight is 216 g/mol. The number of H-pyrrole nitrogens is 1. The summed E-state index contributed by atoms with van der Waals surface area (Å²) in [6, 6.07) is 9.14. The van der Waals surface area contributed by atoms with Crippen LogP contribution in [0.5, 0.6) is 0 Å². The van der Waals surface area contributed by atoms with E-state index in [1.165, 1.54) is 11.8 Å². The Morgan fingerprint density at radius 2 is 2.13 bits per heavy atom. The van der Waals surface area contributed by atoms with E-state index >= 15 is 0 Å². The number of nitrogens with one attached hydrogen (secondary N) is 1. The van der Waals surface area contributed by atoms with E-state index in [4.69, 9.17) is 5.26 Å². The minimum atomic E-state index is -0.198. The maximum atomic E-state index is 11.9. The molecule has 0 spiro atoms. The highest BCUT2D eigenvalue weighted by Gasteiger charge is 2.09. The van der Waals surface area contributed by atoms with Gasteiger partial charge in [-0.05, 0) is 18.4 Å². The SMILES string of the molecule is CSc1[nH]c2ccccc2c(=O)c1C#N. The minimum absolute atomic E-state index is 0.196. The number of hydrogen-bond donors (Lipinski definition) is 1. The first-order valence-electron chi connectivity index (χ1n) is 4.37. The van der Waals surface area contributed by atoms with Gasteiger partial charge in [0.05, 0.1) is 10.5 Å². The molecule has 15 heavy (non-hydrogen) atoms. The number of nitriles is 1. The van der Waals surface area contributed by atoms with Gasteiger partial charge in [0.25, 0.3) is 0 Å². The number of thioether (sulfide) groups is 1. The van der Waals surface area contributed by atoms with E-state index < -0.39 is 0 Å². The minimum Gasteiger partial charge on any atom is -0.348 e. The first-order valence-corrected chi connectivity index (χ1v) is 5.59. The first-order chi connectivity index (χ1) is 7.27. The number of fused-ring (bicyclic) bond motifs is 1. The van der Waals surface area contributed by atoms with E-state index in [1.54, 1.807) is 12.1 Å². The molecule has 0 saturated carbocycles. The summed E-state index contributed by atoms with van der Waals surface area (Å²) in [5, 5.41) is 10.1. The van der Waals surface area contributed by atoms with Crippen molar-refractivity contribution in [2.45, 2.75) is 5.03 Å². The van der Waals surface area contributed by atoms with Gasteiger partial charge in [-0.15, -0.1) is 11.8 Å². The second kappa shape index (κ2) is 3.79. The zero-order valence-electron chi connectivity index (χ0n) is 8.07. The summed E-state index contributed by atoms with van der Waals surface area (Å²) in [4.78, 5) is 15.0. The lowest BCUT2D eigenvalue weighted by Gasteiger charge is -2.03. The van der Waals surface area contributed by atoms with Crippen LogP contribution in [0.3, 0.4) is 0 Å². The predicted octanol–water partition coefficient (Wildman–Crippen LogP) is 2.12. The van der Waals surface area contributed by atoms with Crippen molar-refractivity contribution in [1.82, 2.24) is 4.98 Å². The molecule has 0 fully saturated rings. The van der Waals surface area contributed by atoms with Crippen molar-refractivity contribution in [2.75, 3.05) is 6.26 Å². The van der Waals surface area contributed by atoms with Crippen molar-refractivity contribution in [3.05, 3.63) is 40.1 Å². The number of hydrogen-bond acceptors (Lipinski definition) is 3.